The van der Waals surface area contributed by atoms with Crippen LogP contribution < -0.4 is 9.80 Å². The molecule has 25 heavy (non-hydrogen) atoms. The Labute approximate surface area is 160 Å². The van der Waals surface area contributed by atoms with Crippen LogP contribution in [0.4, 0.5) is 5.13 Å². The van der Waals surface area contributed by atoms with E-state index in [1.54, 1.807) is 16.2 Å². The van der Waals surface area contributed by atoms with Crippen molar-refractivity contribution in [2.45, 2.75) is 6.92 Å². The molecule has 0 atom stereocenters. The van der Waals surface area contributed by atoms with Gasteiger partial charge in [-0.2, -0.15) is 0 Å². The first kappa shape index (κ1) is 18.0. The number of anilines is 1. The number of nitrogens with zero attached hydrogens (tertiary/aromatic N) is 2. The highest BCUT2D eigenvalue weighted by Gasteiger charge is 2.22. The van der Waals surface area contributed by atoms with Crippen LogP contribution in [0.5, 0.6) is 0 Å². The highest BCUT2D eigenvalue weighted by Crippen LogP contribution is 2.31. The number of benzene rings is 2. The van der Waals surface area contributed by atoms with Crippen molar-refractivity contribution in [3.63, 3.8) is 0 Å². The number of nitrogens with one attached hydrogen (secondary N) is 1. The third-order valence-electron chi connectivity index (χ3n) is 3.99. The van der Waals surface area contributed by atoms with Gasteiger partial charge in [-0.3, -0.25) is 9.69 Å². The van der Waals surface area contributed by atoms with E-state index in [2.05, 4.69) is 49.1 Å². The van der Waals surface area contributed by atoms with Gasteiger partial charge in [-0.1, -0.05) is 45.5 Å². The molecule has 4 nitrogen and oxygen atoms in total. The van der Waals surface area contributed by atoms with Crippen molar-refractivity contribution < 1.29 is 9.69 Å². The smallest absolute Gasteiger partial charge is 0.260 e. The van der Waals surface area contributed by atoms with Crippen LogP contribution >= 0.6 is 27.3 Å². The second-order valence-electron chi connectivity index (χ2n) is 6.34. The molecule has 0 aliphatic rings. The molecule has 0 radical (unpaired) electrons. The lowest BCUT2D eigenvalue weighted by Gasteiger charge is -2.20. The van der Waals surface area contributed by atoms with Gasteiger partial charge in [-0.05, 0) is 36.8 Å². The fraction of sp³-hybridized carbons (Fsp3) is 0.263. The summed E-state index contributed by atoms with van der Waals surface area (Å²) in [4.78, 5) is 21.0. The van der Waals surface area contributed by atoms with Gasteiger partial charge in [-0.25, -0.2) is 4.98 Å². The van der Waals surface area contributed by atoms with Gasteiger partial charge in [0.15, 0.2) is 5.13 Å². The SMILES string of the molecule is Cc1cccc2sc(N(CC[NH+](C)C)C(=O)c3cccc(Br)c3)nc12. The topological polar surface area (TPSA) is 37.6 Å². The molecule has 2 aromatic carbocycles. The number of hydrogen-bond donors (Lipinski definition) is 1. The Morgan fingerprint density at radius 3 is 2.68 bits per heavy atom. The molecule has 3 aromatic rings. The van der Waals surface area contributed by atoms with E-state index >= 15 is 0 Å². The molecule has 1 amide bonds. The normalized spacial score (nSPS) is 11.2. The predicted octanol–water partition coefficient (Wildman–Crippen LogP) is 3.16. The largest absolute Gasteiger partial charge is 0.338 e. The van der Waals surface area contributed by atoms with Crippen LogP contribution in [-0.2, 0) is 0 Å². The minimum absolute atomic E-state index is 0.0146. The summed E-state index contributed by atoms with van der Waals surface area (Å²) in [6.07, 6.45) is 0. The quantitative estimate of drug-likeness (QED) is 0.690. The minimum atomic E-state index is -0.0146. The highest BCUT2D eigenvalue weighted by atomic mass is 79.9. The van der Waals surface area contributed by atoms with E-state index in [-0.39, 0.29) is 5.91 Å². The summed E-state index contributed by atoms with van der Waals surface area (Å²) in [6, 6.07) is 13.7. The van der Waals surface area contributed by atoms with Crippen LogP contribution in [0.15, 0.2) is 46.9 Å². The first-order valence-electron chi connectivity index (χ1n) is 8.18. The van der Waals surface area contributed by atoms with Crippen LogP contribution in [0.2, 0.25) is 0 Å². The second kappa shape index (κ2) is 7.64. The third kappa shape index (κ3) is 4.08. The minimum Gasteiger partial charge on any atom is -0.338 e. The van der Waals surface area contributed by atoms with E-state index in [1.165, 1.54) is 4.90 Å². The molecule has 0 unspecified atom stereocenters. The number of carbonyl (C=O) groups excluding carboxylic acids is 1. The molecule has 1 N–H and O–H groups in total. The lowest BCUT2D eigenvalue weighted by molar-refractivity contribution is -0.856. The molecule has 1 aromatic heterocycles. The Kier molecular flexibility index (Phi) is 5.51. The van der Waals surface area contributed by atoms with Gasteiger partial charge in [0.1, 0.15) is 0 Å². The second-order valence-corrected chi connectivity index (χ2v) is 8.27. The molecular formula is C19H21BrN3OS+. The molecule has 1 heterocycles. The molecule has 0 saturated carbocycles. The van der Waals surface area contributed by atoms with Crippen molar-refractivity contribution in [3.05, 3.63) is 58.1 Å². The average molecular weight is 419 g/mol. The monoisotopic (exact) mass is 418 g/mol. The molecule has 0 aliphatic carbocycles. The first-order chi connectivity index (χ1) is 12.0. The van der Waals surface area contributed by atoms with Crippen molar-refractivity contribution in [2.24, 2.45) is 0 Å². The zero-order valence-corrected chi connectivity index (χ0v) is 16.9. The maximum atomic E-state index is 13.1. The van der Waals surface area contributed by atoms with Gasteiger partial charge in [0.2, 0.25) is 0 Å². The molecule has 0 aliphatic heterocycles. The number of likely N-dealkylation sites (N-methyl/N-ethyl adjacent to an activating group) is 1. The zero-order chi connectivity index (χ0) is 18.0. The summed E-state index contributed by atoms with van der Waals surface area (Å²) >= 11 is 5.02. The number of para-hydroxylation sites is 1. The first-order valence-corrected chi connectivity index (χ1v) is 9.79. The van der Waals surface area contributed by atoms with E-state index < -0.39 is 0 Å². The van der Waals surface area contributed by atoms with Gasteiger partial charge in [-0.15, -0.1) is 0 Å². The standard InChI is InChI=1S/C19H20BrN3OS/c1-13-6-4-9-16-17(13)21-19(25-16)23(11-10-22(2)3)18(24)14-7-5-8-15(20)12-14/h4-9,12H,10-11H2,1-3H3/p+1. The summed E-state index contributed by atoms with van der Waals surface area (Å²) in [5, 5.41) is 0.760. The molecule has 0 fully saturated rings. The number of quaternary nitrogens is 1. The Hall–Kier alpha value is -1.76. The number of rotatable bonds is 5. The zero-order valence-electron chi connectivity index (χ0n) is 14.5. The summed E-state index contributed by atoms with van der Waals surface area (Å²) in [7, 11) is 4.18. The van der Waals surface area contributed by atoms with Gasteiger partial charge >= 0.3 is 0 Å². The summed E-state index contributed by atoms with van der Waals surface area (Å²) in [5.74, 6) is -0.0146. The number of halogens is 1. The van der Waals surface area contributed by atoms with Gasteiger partial charge in [0, 0.05) is 10.0 Å². The number of hydrogen-bond acceptors (Lipinski definition) is 3. The highest BCUT2D eigenvalue weighted by molar-refractivity contribution is 9.10. The van der Waals surface area contributed by atoms with Crippen LogP contribution in [0.1, 0.15) is 15.9 Å². The van der Waals surface area contributed by atoms with E-state index in [0.29, 0.717) is 12.1 Å². The summed E-state index contributed by atoms with van der Waals surface area (Å²) < 4.78 is 2.01. The van der Waals surface area contributed by atoms with Gasteiger partial charge in [0.25, 0.3) is 5.91 Å². The van der Waals surface area contributed by atoms with Gasteiger partial charge in [0.05, 0.1) is 37.4 Å². The molecule has 0 spiro atoms. The molecule has 130 valence electrons. The van der Waals surface area contributed by atoms with E-state index in [0.717, 1.165) is 31.9 Å². The Bertz CT molecular complexity index is 907. The van der Waals surface area contributed by atoms with Crippen molar-refractivity contribution in [2.75, 3.05) is 32.1 Å². The maximum absolute atomic E-state index is 13.1. The fourth-order valence-corrected chi connectivity index (χ4v) is 4.05. The van der Waals surface area contributed by atoms with Crippen molar-refractivity contribution in [3.8, 4) is 0 Å². The lowest BCUT2D eigenvalue weighted by atomic mass is 10.2. The third-order valence-corrected chi connectivity index (χ3v) is 5.53. The molecule has 6 heteroatoms. The number of thiazole rings is 1. The van der Waals surface area contributed by atoms with E-state index in [9.17, 15) is 4.79 Å². The Balaban J connectivity index is 2.01. The molecule has 3 rings (SSSR count). The molecule has 0 bridgehead atoms. The Morgan fingerprint density at radius 2 is 2.00 bits per heavy atom. The molecular weight excluding hydrogens is 398 g/mol. The van der Waals surface area contributed by atoms with Crippen LogP contribution in [0, 0.1) is 6.92 Å². The summed E-state index contributed by atoms with van der Waals surface area (Å²) in [6.45, 7) is 3.54. The van der Waals surface area contributed by atoms with Crippen LogP contribution in [0.3, 0.4) is 0 Å². The van der Waals surface area contributed by atoms with Crippen molar-refractivity contribution in [1.29, 1.82) is 0 Å². The average Bonchev–Trinajstić information content (AvgIpc) is 3.00. The number of amides is 1. The Morgan fingerprint density at radius 1 is 1.24 bits per heavy atom. The fourth-order valence-electron chi connectivity index (χ4n) is 2.59. The molecule has 0 saturated heterocycles. The number of fused-ring (bicyclic) bond motifs is 1. The van der Waals surface area contributed by atoms with Crippen molar-refractivity contribution in [1.82, 2.24) is 4.98 Å². The summed E-state index contributed by atoms with van der Waals surface area (Å²) in [5.41, 5.74) is 2.78. The van der Waals surface area contributed by atoms with Crippen LogP contribution in [0.25, 0.3) is 10.2 Å². The van der Waals surface area contributed by atoms with E-state index in [1.807, 2.05) is 30.3 Å². The lowest BCUT2D eigenvalue weighted by Crippen LogP contribution is -3.06. The maximum Gasteiger partial charge on any atom is 0.260 e. The predicted molar refractivity (Wildman–Crippen MR) is 108 cm³/mol. The number of aryl methyl sites for hydroxylation is 1. The van der Waals surface area contributed by atoms with Crippen LogP contribution in [-0.4, -0.2) is 38.1 Å². The van der Waals surface area contributed by atoms with Crippen molar-refractivity contribution >= 4 is 48.5 Å². The van der Waals surface area contributed by atoms with E-state index in [4.69, 9.17) is 4.98 Å². The number of aromatic nitrogens is 1. The van der Waals surface area contributed by atoms with Gasteiger partial charge < -0.3 is 4.90 Å². The number of carbonyl (C=O) groups is 1.